The second kappa shape index (κ2) is 6.60. The Hall–Kier alpha value is -2.69. The number of benzene rings is 2. The van der Waals surface area contributed by atoms with Crippen LogP contribution in [-0.2, 0) is 6.42 Å². The van der Waals surface area contributed by atoms with Gasteiger partial charge in [-0.2, -0.15) is 0 Å². The number of amides is 1. The SMILES string of the molecule is COc1ccc(NC(=O)c2cccc3c2CCCN3)cc1OC. The molecular formula is C18H20N2O3. The van der Waals surface area contributed by atoms with E-state index in [0.717, 1.165) is 30.6 Å². The first-order valence-electron chi connectivity index (χ1n) is 7.62. The minimum absolute atomic E-state index is 0.113. The monoisotopic (exact) mass is 312 g/mol. The van der Waals surface area contributed by atoms with Gasteiger partial charge in [0, 0.05) is 29.5 Å². The Bertz CT molecular complexity index is 728. The number of hydrogen-bond acceptors (Lipinski definition) is 4. The maximum Gasteiger partial charge on any atom is 0.256 e. The third kappa shape index (κ3) is 3.08. The first kappa shape index (κ1) is 15.2. The lowest BCUT2D eigenvalue weighted by molar-refractivity contribution is 0.102. The number of ether oxygens (including phenoxy) is 2. The molecule has 3 rings (SSSR count). The van der Waals surface area contributed by atoms with Crippen molar-refractivity contribution in [3.8, 4) is 11.5 Å². The molecule has 23 heavy (non-hydrogen) atoms. The molecule has 0 aliphatic carbocycles. The van der Waals surface area contributed by atoms with E-state index < -0.39 is 0 Å². The number of rotatable bonds is 4. The van der Waals surface area contributed by atoms with Crippen LogP contribution in [0.4, 0.5) is 11.4 Å². The highest BCUT2D eigenvalue weighted by Crippen LogP contribution is 2.31. The van der Waals surface area contributed by atoms with E-state index in [1.54, 1.807) is 32.4 Å². The molecule has 0 aromatic heterocycles. The zero-order valence-corrected chi connectivity index (χ0v) is 13.3. The number of anilines is 2. The second-order valence-electron chi connectivity index (χ2n) is 5.39. The number of nitrogens with one attached hydrogen (secondary N) is 2. The molecule has 0 saturated carbocycles. The predicted molar refractivity (Wildman–Crippen MR) is 90.8 cm³/mol. The summed E-state index contributed by atoms with van der Waals surface area (Å²) in [6.45, 7) is 0.952. The molecule has 1 aliphatic rings. The fraction of sp³-hybridized carbons (Fsp3) is 0.278. The highest BCUT2D eigenvalue weighted by molar-refractivity contribution is 6.06. The summed E-state index contributed by atoms with van der Waals surface area (Å²) < 4.78 is 10.5. The Morgan fingerprint density at radius 3 is 2.74 bits per heavy atom. The molecule has 1 aliphatic heterocycles. The second-order valence-corrected chi connectivity index (χ2v) is 5.39. The third-order valence-electron chi connectivity index (χ3n) is 3.98. The highest BCUT2D eigenvalue weighted by atomic mass is 16.5. The lowest BCUT2D eigenvalue weighted by Crippen LogP contribution is -2.19. The summed E-state index contributed by atoms with van der Waals surface area (Å²) in [6.07, 6.45) is 1.95. The molecule has 1 amide bonds. The first-order valence-corrected chi connectivity index (χ1v) is 7.62. The van der Waals surface area contributed by atoms with Crippen LogP contribution in [0.5, 0.6) is 11.5 Å². The molecule has 5 nitrogen and oxygen atoms in total. The number of carbonyl (C=O) groups excluding carboxylic acids is 1. The molecule has 120 valence electrons. The summed E-state index contributed by atoms with van der Waals surface area (Å²) in [6, 6.07) is 11.1. The van der Waals surface area contributed by atoms with Crippen LogP contribution in [-0.4, -0.2) is 26.7 Å². The average Bonchev–Trinajstić information content (AvgIpc) is 2.61. The van der Waals surface area contributed by atoms with Crippen molar-refractivity contribution >= 4 is 17.3 Å². The van der Waals surface area contributed by atoms with Gasteiger partial charge in [0.15, 0.2) is 11.5 Å². The lowest BCUT2D eigenvalue weighted by Gasteiger charge is -2.20. The fourth-order valence-electron chi connectivity index (χ4n) is 2.84. The Morgan fingerprint density at radius 2 is 1.96 bits per heavy atom. The lowest BCUT2D eigenvalue weighted by atomic mass is 9.97. The van der Waals surface area contributed by atoms with Crippen molar-refractivity contribution in [2.45, 2.75) is 12.8 Å². The third-order valence-corrected chi connectivity index (χ3v) is 3.98. The molecule has 0 spiro atoms. The van der Waals surface area contributed by atoms with Gasteiger partial charge in [-0.05, 0) is 42.7 Å². The molecule has 0 unspecified atom stereocenters. The van der Waals surface area contributed by atoms with E-state index in [0.29, 0.717) is 22.7 Å². The maximum atomic E-state index is 12.6. The number of fused-ring (bicyclic) bond motifs is 1. The molecule has 0 bridgehead atoms. The molecule has 2 N–H and O–H groups in total. The van der Waals surface area contributed by atoms with Crippen molar-refractivity contribution < 1.29 is 14.3 Å². The largest absolute Gasteiger partial charge is 0.493 e. The summed E-state index contributed by atoms with van der Waals surface area (Å²) in [5.74, 6) is 1.10. The van der Waals surface area contributed by atoms with E-state index in [9.17, 15) is 4.79 Å². The zero-order chi connectivity index (χ0) is 16.2. The van der Waals surface area contributed by atoms with E-state index in [1.807, 2.05) is 18.2 Å². The Kier molecular flexibility index (Phi) is 4.37. The molecule has 5 heteroatoms. The quantitative estimate of drug-likeness (QED) is 0.909. The van der Waals surface area contributed by atoms with Crippen molar-refractivity contribution in [3.05, 3.63) is 47.5 Å². The van der Waals surface area contributed by atoms with Crippen molar-refractivity contribution in [2.75, 3.05) is 31.4 Å². The average molecular weight is 312 g/mol. The smallest absolute Gasteiger partial charge is 0.256 e. The van der Waals surface area contributed by atoms with Gasteiger partial charge in [0.25, 0.3) is 5.91 Å². The molecular weight excluding hydrogens is 292 g/mol. The number of carbonyl (C=O) groups is 1. The van der Waals surface area contributed by atoms with Gasteiger partial charge >= 0.3 is 0 Å². The summed E-state index contributed by atoms with van der Waals surface area (Å²) in [5.41, 5.74) is 3.52. The van der Waals surface area contributed by atoms with Gasteiger partial charge in [-0.3, -0.25) is 4.79 Å². The molecule has 2 aromatic rings. The van der Waals surface area contributed by atoms with Gasteiger partial charge in [0.2, 0.25) is 0 Å². The Balaban J connectivity index is 1.85. The van der Waals surface area contributed by atoms with Crippen LogP contribution in [0, 0.1) is 0 Å². The van der Waals surface area contributed by atoms with Crippen LogP contribution in [0.1, 0.15) is 22.3 Å². The van der Waals surface area contributed by atoms with Crippen molar-refractivity contribution in [1.82, 2.24) is 0 Å². The minimum Gasteiger partial charge on any atom is -0.493 e. The number of hydrogen-bond donors (Lipinski definition) is 2. The molecule has 0 radical (unpaired) electrons. The maximum absolute atomic E-state index is 12.6. The predicted octanol–water partition coefficient (Wildman–Crippen LogP) is 3.31. The van der Waals surface area contributed by atoms with Crippen molar-refractivity contribution in [3.63, 3.8) is 0 Å². The summed E-state index contributed by atoms with van der Waals surface area (Å²) in [7, 11) is 3.15. The van der Waals surface area contributed by atoms with Gasteiger partial charge in [-0.1, -0.05) is 6.07 Å². The van der Waals surface area contributed by atoms with Crippen LogP contribution in [0.15, 0.2) is 36.4 Å². The fourth-order valence-corrected chi connectivity index (χ4v) is 2.84. The highest BCUT2D eigenvalue weighted by Gasteiger charge is 2.17. The van der Waals surface area contributed by atoms with Crippen molar-refractivity contribution in [2.24, 2.45) is 0 Å². The van der Waals surface area contributed by atoms with Gasteiger partial charge in [0.1, 0.15) is 0 Å². The van der Waals surface area contributed by atoms with Crippen LogP contribution < -0.4 is 20.1 Å². The molecule has 0 fully saturated rings. The Labute approximate surface area is 135 Å². The van der Waals surface area contributed by atoms with Gasteiger partial charge in [-0.15, -0.1) is 0 Å². The molecule has 0 saturated heterocycles. The van der Waals surface area contributed by atoms with E-state index in [1.165, 1.54) is 0 Å². The van der Waals surface area contributed by atoms with Crippen LogP contribution in [0.2, 0.25) is 0 Å². The van der Waals surface area contributed by atoms with Gasteiger partial charge in [-0.25, -0.2) is 0 Å². The van der Waals surface area contributed by atoms with Crippen LogP contribution >= 0.6 is 0 Å². The zero-order valence-electron chi connectivity index (χ0n) is 13.3. The summed E-state index contributed by atoms with van der Waals surface area (Å²) in [4.78, 5) is 12.6. The molecule has 0 atom stereocenters. The normalized spacial score (nSPS) is 12.8. The van der Waals surface area contributed by atoms with E-state index in [-0.39, 0.29) is 5.91 Å². The van der Waals surface area contributed by atoms with Crippen LogP contribution in [0.25, 0.3) is 0 Å². The number of methoxy groups -OCH3 is 2. The van der Waals surface area contributed by atoms with E-state index >= 15 is 0 Å². The summed E-state index contributed by atoms with van der Waals surface area (Å²) in [5, 5.41) is 6.27. The van der Waals surface area contributed by atoms with Crippen LogP contribution in [0.3, 0.4) is 0 Å². The first-order chi connectivity index (χ1) is 11.2. The minimum atomic E-state index is -0.113. The van der Waals surface area contributed by atoms with Gasteiger partial charge in [0.05, 0.1) is 14.2 Å². The topological polar surface area (TPSA) is 59.6 Å². The summed E-state index contributed by atoms with van der Waals surface area (Å²) >= 11 is 0. The standard InChI is InChI=1S/C18H20N2O3/c1-22-16-9-8-12(11-17(16)23-2)20-18(21)14-5-3-7-15-13(14)6-4-10-19-15/h3,5,7-9,11,19H,4,6,10H2,1-2H3,(H,20,21). The molecule has 1 heterocycles. The molecule has 2 aromatic carbocycles. The van der Waals surface area contributed by atoms with Crippen molar-refractivity contribution in [1.29, 1.82) is 0 Å². The van der Waals surface area contributed by atoms with E-state index in [2.05, 4.69) is 10.6 Å². The van der Waals surface area contributed by atoms with Gasteiger partial charge < -0.3 is 20.1 Å². The van der Waals surface area contributed by atoms with E-state index in [4.69, 9.17) is 9.47 Å². The Morgan fingerprint density at radius 1 is 1.13 bits per heavy atom.